The van der Waals surface area contributed by atoms with Crippen LogP contribution in [0.1, 0.15) is 19.8 Å². The molecule has 0 bridgehead atoms. The van der Waals surface area contributed by atoms with Gasteiger partial charge in [-0.25, -0.2) is 0 Å². The lowest BCUT2D eigenvalue weighted by molar-refractivity contribution is -0.102. The van der Waals surface area contributed by atoms with Crippen molar-refractivity contribution in [1.29, 1.82) is 0 Å². The van der Waals surface area contributed by atoms with Crippen LogP contribution in [0.25, 0.3) is 0 Å². The van der Waals surface area contributed by atoms with Crippen molar-refractivity contribution in [3.8, 4) is 0 Å². The van der Waals surface area contributed by atoms with Crippen molar-refractivity contribution in [2.75, 3.05) is 0 Å². The molecule has 0 amide bonds. The summed E-state index contributed by atoms with van der Waals surface area (Å²) in [7, 11) is 0. The first-order valence-electron chi connectivity index (χ1n) is 2.51. The van der Waals surface area contributed by atoms with Gasteiger partial charge >= 0.3 is 0 Å². The summed E-state index contributed by atoms with van der Waals surface area (Å²) in [5.41, 5.74) is 0.215. The van der Waals surface area contributed by atoms with Crippen molar-refractivity contribution < 1.29 is 10.0 Å². The van der Waals surface area contributed by atoms with Gasteiger partial charge in [0, 0.05) is 0 Å². The van der Waals surface area contributed by atoms with Crippen LogP contribution < -0.4 is 0 Å². The van der Waals surface area contributed by atoms with Crippen molar-refractivity contribution >= 4 is 12.0 Å². The molecule has 0 heterocycles. The van der Waals surface area contributed by atoms with E-state index in [1.54, 1.807) is 0 Å². The first-order chi connectivity index (χ1) is 3.85. The van der Waals surface area contributed by atoms with E-state index >= 15 is 0 Å². The summed E-state index contributed by atoms with van der Waals surface area (Å²) in [6.07, 6.45) is 1.95. The van der Waals surface area contributed by atoms with E-state index in [0.717, 1.165) is 6.42 Å². The highest BCUT2D eigenvalue weighted by Crippen LogP contribution is 1.86. The monoisotopic (exact) mass is 115 g/mol. The van der Waals surface area contributed by atoms with Gasteiger partial charge in [-0.2, -0.15) is 0 Å². The highest BCUT2D eigenvalue weighted by Gasteiger charge is 1.91. The van der Waals surface area contributed by atoms with Crippen molar-refractivity contribution in [3.05, 3.63) is 0 Å². The summed E-state index contributed by atoms with van der Waals surface area (Å²) in [5.74, 6) is 0. The van der Waals surface area contributed by atoms with Crippen LogP contribution in [-0.4, -0.2) is 17.2 Å². The minimum Gasteiger partial charge on any atom is -0.411 e. The highest BCUT2D eigenvalue weighted by atomic mass is 16.4. The molecule has 0 aromatic rings. The molecule has 0 saturated carbocycles. The fourth-order valence-corrected chi connectivity index (χ4v) is 0.389. The second-order valence-corrected chi connectivity index (χ2v) is 1.46. The molecule has 0 aromatic carbocycles. The second-order valence-electron chi connectivity index (χ2n) is 1.46. The first kappa shape index (κ1) is 7.14. The van der Waals surface area contributed by atoms with E-state index in [1.165, 1.54) is 0 Å². The number of hydrogen-bond acceptors (Lipinski definition) is 3. The molecule has 3 heteroatoms. The zero-order valence-corrected chi connectivity index (χ0v) is 4.79. The Balaban J connectivity index is 3.54. The van der Waals surface area contributed by atoms with Crippen LogP contribution in [0.5, 0.6) is 0 Å². The molecule has 1 N–H and O–H groups in total. The molecule has 0 aliphatic carbocycles. The summed E-state index contributed by atoms with van der Waals surface area (Å²) in [4.78, 5) is 9.84. The SMILES string of the molecule is CCCC(C=O)=NO. The molecular formula is C5H9NO2. The lowest BCUT2D eigenvalue weighted by Gasteiger charge is -1.86. The molecule has 0 atom stereocenters. The van der Waals surface area contributed by atoms with Crippen LogP contribution in [-0.2, 0) is 4.79 Å². The minimum absolute atomic E-state index is 0.215. The molecular weight excluding hydrogens is 106 g/mol. The summed E-state index contributed by atoms with van der Waals surface area (Å²) >= 11 is 0. The van der Waals surface area contributed by atoms with E-state index in [0.29, 0.717) is 12.7 Å². The Labute approximate surface area is 48.0 Å². The Morgan fingerprint density at radius 2 is 2.50 bits per heavy atom. The van der Waals surface area contributed by atoms with Gasteiger partial charge in [-0.15, -0.1) is 0 Å². The molecule has 0 fully saturated rings. The van der Waals surface area contributed by atoms with Gasteiger partial charge < -0.3 is 5.21 Å². The van der Waals surface area contributed by atoms with Gasteiger partial charge in [0.1, 0.15) is 5.71 Å². The van der Waals surface area contributed by atoms with E-state index < -0.39 is 0 Å². The third-order valence-electron chi connectivity index (χ3n) is 0.771. The van der Waals surface area contributed by atoms with Crippen LogP contribution in [0.3, 0.4) is 0 Å². The number of oxime groups is 1. The topological polar surface area (TPSA) is 49.7 Å². The maximum atomic E-state index is 9.84. The summed E-state index contributed by atoms with van der Waals surface area (Å²) in [6, 6.07) is 0. The molecule has 0 unspecified atom stereocenters. The van der Waals surface area contributed by atoms with E-state index in [2.05, 4.69) is 5.16 Å². The fraction of sp³-hybridized carbons (Fsp3) is 0.600. The lowest BCUT2D eigenvalue weighted by Crippen LogP contribution is -1.97. The summed E-state index contributed by atoms with van der Waals surface area (Å²) < 4.78 is 0. The Morgan fingerprint density at radius 3 is 2.62 bits per heavy atom. The van der Waals surface area contributed by atoms with Crippen LogP contribution >= 0.6 is 0 Å². The van der Waals surface area contributed by atoms with Gasteiger partial charge in [-0.05, 0) is 6.42 Å². The van der Waals surface area contributed by atoms with Crippen LogP contribution in [0.15, 0.2) is 5.16 Å². The molecule has 0 aromatic heterocycles. The molecule has 0 aliphatic rings. The van der Waals surface area contributed by atoms with E-state index in [-0.39, 0.29) is 5.71 Å². The maximum Gasteiger partial charge on any atom is 0.167 e. The summed E-state index contributed by atoms with van der Waals surface area (Å²) in [6.45, 7) is 1.91. The Hall–Kier alpha value is -0.860. The van der Waals surface area contributed by atoms with Gasteiger partial charge in [0.15, 0.2) is 6.29 Å². The van der Waals surface area contributed by atoms with Gasteiger partial charge in [0.25, 0.3) is 0 Å². The molecule has 8 heavy (non-hydrogen) atoms. The van der Waals surface area contributed by atoms with E-state index in [9.17, 15) is 4.79 Å². The van der Waals surface area contributed by atoms with Gasteiger partial charge in [-0.3, -0.25) is 4.79 Å². The van der Waals surface area contributed by atoms with Crippen LogP contribution in [0.2, 0.25) is 0 Å². The van der Waals surface area contributed by atoms with Crippen molar-refractivity contribution in [2.45, 2.75) is 19.8 Å². The minimum atomic E-state index is 0.215. The maximum absolute atomic E-state index is 9.84. The Bertz CT molecular complexity index is 98.6. The van der Waals surface area contributed by atoms with Crippen LogP contribution in [0, 0.1) is 0 Å². The third kappa shape index (κ3) is 2.34. The van der Waals surface area contributed by atoms with Crippen molar-refractivity contribution in [3.63, 3.8) is 0 Å². The average molecular weight is 115 g/mol. The number of nitrogens with zero attached hydrogens (tertiary/aromatic N) is 1. The Kier molecular flexibility index (Phi) is 3.84. The average Bonchev–Trinajstić information content (AvgIpc) is 1.83. The first-order valence-corrected chi connectivity index (χ1v) is 2.51. The zero-order chi connectivity index (χ0) is 6.41. The molecule has 46 valence electrons. The smallest absolute Gasteiger partial charge is 0.167 e. The number of carbonyl (C=O) groups is 1. The second kappa shape index (κ2) is 4.30. The fourth-order valence-electron chi connectivity index (χ4n) is 0.389. The number of aldehydes is 1. The lowest BCUT2D eigenvalue weighted by atomic mass is 10.2. The predicted octanol–water partition coefficient (Wildman–Crippen LogP) is 0.816. The largest absolute Gasteiger partial charge is 0.411 e. The number of hydrogen-bond donors (Lipinski definition) is 1. The highest BCUT2D eigenvalue weighted by molar-refractivity contribution is 6.27. The van der Waals surface area contributed by atoms with Crippen molar-refractivity contribution in [2.24, 2.45) is 5.16 Å². The van der Waals surface area contributed by atoms with E-state index in [1.807, 2.05) is 6.92 Å². The van der Waals surface area contributed by atoms with Gasteiger partial charge in [0.05, 0.1) is 0 Å². The number of carbonyl (C=O) groups excluding carboxylic acids is 1. The zero-order valence-electron chi connectivity index (χ0n) is 4.79. The normalized spacial score (nSPS) is 11.4. The molecule has 0 saturated heterocycles. The molecule has 0 radical (unpaired) electrons. The summed E-state index contributed by atoms with van der Waals surface area (Å²) in [5, 5.41) is 10.8. The molecule has 0 aliphatic heterocycles. The van der Waals surface area contributed by atoms with Crippen molar-refractivity contribution in [1.82, 2.24) is 0 Å². The third-order valence-corrected chi connectivity index (χ3v) is 0.771. The standard InChI is InChI=1S/C5H9NO2/c1-2-3-5(4-7)6-8/h4,8H,2-3H2,1H3. The molecule has 0 rings (SSSR count). The molecule has 0 spiro atoms. The number of rotatable bonds is 3. The Morgan fingerprint density at radius 1 is 1.88 bits per heavy atom. The van der Waals surface area contributed by atoms with E-state index in [4.69, 9.17) is 5.21 Å². The van der Waals surface area contributed by atoms with Gasteiger partial charge in [0.2, 0.25) is 0 Å². The quantitative estimate of drug-likeness (QED) is 0.256. The van der Waals surface area contributed by atoms with Crippen LogP contribution in [0.4, 0.5) is 0 Å². The van der Waals surface area contributed by atoms with Gasteiger partial charge in [-0.1, -0.05) is 18.5 Å². The molecule has 3 nitrogen and oxygen atoms in total. The predicted molar refractivity (Wildman–Crippen MR) is 30.2 cm³/mol.